The van der Waals surface area contributed by atoms with Gasteiger partial charge in [0.2, 0.25) is 0 Å². The van der Waals surface area contributed by atoms with E-state index in [1.54, 1.807) is 44.6 Å². The Labute approximate surface area is 183 Å². The highest BCUT2D eigenvalue weighted by Crippen LogP contribution is 2.38. The zero-order valence-electron chi connectivity index (χ0n) is 17.7. The summed E-state index contributed by atoms with van der Waals surface area (Å²) >= 11 is 0. The lowest BCUT2D eigenvalue weighted by Crippen LogP contribution is -2.28. The number of nitrogens with zero attached hydrogens (tertiary/aromatic N) is 2. The molecular formula is C24H23F4N3O. The average molecular weight is 445 g/mol. The Hall–Kier alpha value is -3.55. The highest BCUT2D eigenvalue weighted by atomic mass is 19.4. The van der Waals surface area contributed by atoms with Crippen LogP contribution < -0.4 is 5.32 Å². The quantitative estimate of drug-likeness (QED) is 0.345. The third-order valence-electron chi connectivity index (χ3n) is 4.82. The van der Waals surface area contributed by atoms with E-state index in [2.05, 4.69) is 16.9 Å². The van der Waals surface area contributed by atoms with E-state index in [1.807, 2.05) is 0 Å². The maximum absolute atomic E-state index is 13.6. The van der Waals surface area contributed by atoms with Crippen molar-refractivity contribution in [3.8, 4) is 0 Å². The summed E-state index contributed by atoms with van der Waals surface area (Å²) in [5, 5.41) is 3.15. The van der Waals surface area contributed by atoms with E-state index in [0.717, 1.165) is 17.2 Å². The van der Waals surface area contributed by atoms with Crippen LogP contribution in [-0.2, 0) is 6.42 Å². The second-order valence-corrected chi connectivity index (χ2v) is 7.31. The molecule has 2 heterocycles. The minimum atomic E-state index is -4.55. The number of benzene rings is 1. The van der Waals surface area contributed by atoms with Gasteiger partial charge in [0.15, 0.2) is 0 Å². The molecule has 168 valence electrons. The zero-order valence-corrected chi connectivity index (χ0v) is 17.7. The lowest BCUT2D eigenvalue weighted by atomic mass is 10.0. The Morgan fingerprint density at radius 1 is 1.28 bits per heavy atom. The monoisotopic (exact) mass is 445 g/mol. The van der Waals surface area contributed by atoms with Crippen LogP contribution in [0, 0.1) is 5.82 Å². The fourth-order valence-electron chi connectivity index (χ4n) is 3.18. The number of furan rings is 1. The number of rotatable bonds is 6. The number of halogens is 4. The van der Waals surface area contributed by atoms with Crippen molar-refractivity contribution in [3.05, 3.63) is 102 Å². The van der Waals surface area contributed by atoms with Gasteiger partial charge in [0.1, 0.15) is 11.7 Å². The van der Waals surface area contributed by atoms with Gasteiger partial charge >= 0.3 is 6.18 Å². The van der Waals surface area contributed by atoms with Crippen LogP contribution in [0.3, 0.4) is 0 Å². The van der Waals surface area contributed by atoms with Crippen molar-refractivity contribution in [1.29, 1.82) is 0 Å². The minimum absolute atomic E-state index is 0.173. The second kappa shape index (κ2) is 9.72. The van der Waals surface area contributed by atoms with Crippen LogP contribution in [0.4, 0.5) is 17.6 Å². The molecule has 0 amide bonds. The highest BCUT2D eigenvalue weighted by Gasteiger charge is 2.38. The summed E-state index contributed by atoms with van der Waals surface area (Å²) < 4.78 is 59.1. The molecule has 0 unspecified atom stereocenters. The average Bonchev–Trinajstić information content (AvgIpc) is 3.26. The van der Waals surface area contributed by atoms with Gasteiger partial charge in [0, 0.05) is 49.2 Å². The second-order valence-electron chi connectivity index (χ2n) is 7.31. The summed E-state index contributed by atoms with van der Waals surface area (Å²) in [6.07, 6.45) is 2.87. The minimum Gasteiger partial charge on any atom is -0.472 e. The molecule has 8 heteroatoms. The van der Waals surface area contributed by atoms with Gasteiger partial charge < -0.3 is 14.6 Å². The van der Waals surface area contributed by atoms with Crippen molar-refractivity contribution in [1.82, 2.24) is 10.2 Å². The van der Waals surface area contributed by atoms with Crippen molar-refractivity contribution >= 4 is 11.4 Å². The Bertz CT molecular complexity index is 1090. The first-order chi connectivity index (χ1) is 15.2. The van der Waals surface area contributed by atoms with E-state index in [-0.39, 0.29) is 11.5 Å². The van der Waals surface area contributed by atoms with Crippen molar-refractivity contribution < 1.29 is 22.0 Å². The molecule has 0 spiro atoms. The number of hydrogen-bond donors (Lipinski definition) is 1. The van der Waals surface area contributed by atoms with E-state index in [1.165, 1.54) is 29.6 Å². The van der Waals surface area contributed by atoms with E-state index in [4.69, 9.17) is 4.42 Å². The lowest BCUT2D eigenvalue weighted by molar-refractivity contribution is -0.0907. The van der Waals surface area contributed by atoms with Crippen molar-refractivity contribution in [2.24, 2.45) is 4.99 Å². The van der Waals surface area contributed by atoms with Gasteiger partial charge in [-0.2, -0.15) is 13.2 Å². The topological polar surface area (TPSA) is 40.8 Å². The Morgan fingerprint density at radius 3 is 2.69 bits per heavy atom. The van der Waals surface area contributed by atoms with E-state index >= 15 is 0 Å². The fraction of sp³-hybridized carbons (Fsp3) is 0.208. The zero-order chi connectivity index (χ0) is 23.3. The molecule has 2 aromatic rings. The summed E-state index contributed by atoms with van der Waals surface area (Å²) in [5.74, 6) is 0.303. The number of alkyl halides is 3. The summed E-state index contributed by atoms with van der Waals surface area (Å²) in [6.45, 7) is 5.76. The fourth-order valence-corrected chi connectivity index (χ4v) is 3.18. The van der Waals surface area contributed by atoms with Gasteiger partial charge in [-0.1, -0.05) is 18.7 Å². The molecule has 0 bridgehead atoms. The first-order valence-electron chi connectivity index (χ1n) is 9.79. The van der Waals surface area contributed by atoms with E-state index in [9.17, 15) is 17.6 Å². The van der Waals surface area contributed by atoms with Crippen molar-refractivity contribution in [2.75, 3.05) is 13.6 Å². The molecule has 1 aromatic heterocycles. The third-order valence-corrected chi connectivity index (χ3v) is 4.82. The van der Waals surface area contributed by atoms with Gasteiger partial charge in [0.05, 0.1) is 18.1 Å². The third kappa shape index (κ3) is 5.78. The largest absolute Gasteiger partial charge is 0.472 e. The van der Waals surface area contributed by atoms with Gasteiger partial charge in [-0.3, -0.25) is 4.99 Å². The normalized spacial score (nSPS) is 15.6. The van der Waals surface area contributed by atoms with Crippen LogP contribution >= 0.6 is 0 Å². The molecule has 1 aromatic carbocycles. The molecule has 1 aliphatic rings. The summed E-state index contributed by atoms with van der Waals surface area (Å²) in [6, 6.07) is 7.81. The molecule has 0 radical (unpaired) electrons. The van der Waals surface area contributed by atoms with Crippen molar-refractivity contribution in [2.45, 2.75) is 19.5 Å². The molecule has 3 rings (SSSR count). The van der Waals surface area contributed by atoms with Gasteiger partial charge in [-0.25, -0.2) is 4.39 Å². The first kappa shape index (κ1) is 23.1. The van der Waals surface area contributed by atoms with Crippen LogP contribution in [0.2, 0.25) is 0 Å². The standard InChI is InChI=1S/C24H23F4N3O/c1-16(12-30-23(29-3)10-18-5-4-6-21(25)9-18)13-31-14-20(19-7-8-32-15-19)11-22(17(31)2)24(26,27)28/h4-9,11,13-15H,2,10,12H2,1,3H3,(H,29,30)/b16-13+. The Kier molecular flexibility index (Phi) is 7.02. The number of amidine groups is 1. The smallest absolute Gasteiger partial charge is 0.418 e. The van der Waals surface area contributed by atoms with Crippen LogP contribution in [0.1, 0.15) is 18.1 Å². The Morgan fingerprint density at radius 2 is 2.06 bits per heavy atom. The summed E-state index contributed by atoms with van der Waals surface area (Å²) in [5.41, 5.74) is 1.40. The van der Waals surface area contributed by atoms with Crippen LogP contribution in [0.5, 0.6) is 0 Å². The SMILES string of the molecule is C=C1C(C(F)(F)F)=CC(c2ccoc2)=CN1/C=C(\C)CNC(Cc1cccc(F)c1)=NC. The van der Waals surface area contributed by atoms with E-state index < -0.39 is 11.7 Å². The van der Waals surface area contributed by atoms with Gasteiger partial charge in [-0.15, -0.1) is 0 Å². The molecular weight excluding hydrogens is 422 g/mol. The molecule has 0 fully saturated rings. The maximum atomic E-state index is 13.6. The number of aliphatic imine (C=N–C) groups is 1. The van der Waals surface area contributed by atoms with Gasteiger partial charge in [-0.05, 0) is 42.3 Å². The number of nitrogens with one attached hydrogen (secondary N) is 1. The van der Waals surface area contributed by atoms with E-state index in [0.29, 0.717) is 29.9 Å². The molecule has 0 aliphatic carbocycles. The van der Waals surface area contributed by atoms with Crippen molar-refractivity contribution in [3.63, 3.8) is 0 Å². The molecule has 0 saturated carbocycles. The van der Waals surface area contributed by atoms with Gasteiger partial charge in [0.25, 0.3) is 0 Å². The molecule has 0 atom stereocenters. The molecule has 0 saturated heterocycles. The Balaban J connectivity index is 1.75. The molecule has 1 N–H and O–H groups in total. The summed E-state index contributed by atoms with van der Waals surface area (Å²) in [7, 11) is 1.62. The molecule has 1 aliphatic heterocycles. The predicted octanol–water partition coefficient (Wildman–Crippen LogP) is 5.84. The highest BCUT2D eigenvalue weighted by molar-refractivity contribution is 5.84. The van der Waals surface area contributed by atoms with Crippen LogP contribution in [-0.4, -0.2) is 30.5 Å². The molecule has 32 heavy (non-hydrogen) atoms. The molecule has 4 nitrogen and oxygen atoms in total. The number of hydrogen-bond acceptors (Lipinski definition) is 3. The first-order valence-corrected chi connectivity index (χ1v) is 9.79. The van der Waals surface area contributed by atoms with Crippen LogP contribution in [0.25, 0.3) is 5.57 Å². The van der Waals surface area contributed by atoms with Crippen LogP contribution in [0.15, 0.2) is 94.2 Å². The predicted molar refractivity (Wildman–Crippen MR) is 117 cm³/mol. The maximum Gasteiger partial charge on any atom is 0.418 e. The lowest BCUT2D eigenvalue weighted by Gasteiger charge is -2.28. The number of allylic oxidation sites excluding steroid dienone is 3. The summed E-state index contributed by atoms with van der Waals surface area (Å²) in [4.78, 5) is 5.54.